The predicted octanol–water partition coefficient (Wildman–Crippen LogP) is 3.28. The molecule has 8 nitrogen and oxygen atoms in total. The molecule has 1 amide bonds. The van der Waals surface area contributed by atoms with Crippen LogP contribution in [0.5, 0.6) is 5.75 Å². The zero-order valence-corrected chi connectivity index (χ0v) is 17.4. The van der Waals surface area contributed by atoms with Crippen molar-refractivity contribution in [2.24, 2.45) is 7.05 Å². The summed E-state index contributed by atoms with van der Waals surface area (Å²) in [4.78, 5) is 19.7. The van der Waals surface area contributed by atoms with Crippen molar-refractivity contribution in [2.45, 2.75) is 20.4 Å². The fourth-order valence-electron chi connectivity index (χ4n) is 3.02. The van der Waals surface area contributed by atoms with Gasteiger partial charge in [0.15, 0.2) is 10.8 Å². The number of anilines is 1. The van der Waals surface area contributed by atoms with Crippen LogP contribution in [0, 0.1) is 6.92 Å². The number of aryl methyl sites for hydroxylation is 2. The van der Waals surface area contributed by atoms with E-state index >= 15 is 0 Å². The third-order valence-electron chi connectivity index (χ3n) is 4.59. The second kappa shape index (κ2) is 8.04. The van der Waals surface area contributed by atoms with Crippen LogP contribution in [0.15, 0.2) is 42.7 Å². The maximum absolute atomic E-state index is 13.3. The monoisotopic (exact) mass is 410 g/mol. The van der Waals surface area contributed by atoms with Gasteiger partial charge >= 0.3 is 0 Å². The first-order valence-corrected chi connectivity index (χ1v) is 10.2. The molecule has 3 aromatic heterocycles. The van der Waals surface area contributed by atoms with Crippen molar-refractivity contribution in [3.8, 4) is 5.75 Å². The molecule has 0 saturated heterocycles. The molecule has 0 aliphatic carbocycles. The van der Waals surface area contributed by atoms with Crippen LogP contribution in [0.25, 0.3) is 10.2 Å². The Labute approximate surface area is 172 Å². The van der Waals surface area contributed by atoms with Gasteiger partial charge in [0.05, 0.1) is 17.9 Å². The van der Waals surface area contributed by atoms with Crippen molar-refractivity contribution in [3.05, 3.63) is 54.1 Å². The van der Waals surface area contributed by atoms with Gasteiger partial charge in [-0.05, 0) is 38.1 Å². The molecular weight excluding hydrogens is 388 g/mol. The first kappa shape index (κ1) is 19.1. The summed E-state index contributed by atoms with van der Waals surface area (Å²) in [6.45, 7) is 5.40. The average Bonchev–Trinajstić information content (AvgIpc) is 3.43. The zero-order valence-electron chi connectivity index (χ0n) is 16.6. The molecule has 0 saturated carbocycles. The largest absolute Gasteiger partial charge is 0.492 e. The molecule has 150 valence electrons. The van der Waals surface area contributed by atoms with Crippen LogP contribution in [-0.2, 0) is 13.6 Å². The Morgan fingerprint density at radius 1 is 1.31 bits per heavy atom. The number of carbonyl (C=O) groups is 1. The highest BCUT2D eigenvalue weighted by atomic mass is 32.1. The van der Waals surface area contributed by atoms with Gasteiger partial charge in [-0.1, -0.05) is 17.4 Å². The smallest absolute Gasteiger partial charge is 0.280 e. The van der Waals surface area contributed by atoms with E-state index in [9.17, 15) is 4.79 Å². The first-order valence-electron chi connectivity index (χ1n) is 9.39. The van der Waals surface area contributed by atoms with Gasteiger partial charge in [-0.2, -0.15) is 10.2 Å². The fraction of sp³-hybridized carbons (Fsp3) is 0.300. The summed E-state index contributed by atoms with van der Waals surface area (Å²) < 4.78 is 10.2. The summed E-state index contributed by atoms with van der Waals surface area (Å²) >= 11 is 1.47. The zero-order chi connectivity index (χ0) is 20.4. The third kappa shape index (κ3) is 3.86. The maximum atomic E-state index is 13.3. The lowest BCUT2D eigenvalue weighted by Gasteiger charge is -2.18. The summed E-state index contributed by atoms with van der Waals surface area (Å²) in [6.07, 6.45) is 3.60. The quantitative estimate of drug-likeness (QED) is 0.467. The van der Waals surface area contributed by atoms with Crippen LogP contribution < -0.4 is 9.64 Å². The molecule has 29 heavy (non-hydrogen) atoms. The Morgan fingerprint density at radius 2 is 2.17 bits per heavy atom. The average molecular weight is 411 g/mol. The Bertz CT molecular complexity index is 1110. The fourth-order valence-corrected chi connectivity index (χ4v) is 4.03. The maximum Gasteiger partial charge on any atom is 0.280 e. The molecular formula is C20H22N6O2S. The molecule has 0 atom stereocenters. The number of benzene rings is 1. The van der Waals surface area contributed by atoms with Gasteiger partial charge < -0.3 is 4.74 Å². The van der Waals surface area contributed by atoms with E-state index in [4.69, 9.17) is 9.72 Å². The minimum Gasteiger partial charge on any atom is -0.492 e. The lowest BCUT2D eigenvalue weighted by molar-refractivity contribution is 0.0980. The number of hydrogen-bond acceptors (Lipinski definition) is 6. The number of aromatic nitrogens is 5. The molecule has 0 fully saturated rings. The van der Waals surface area contributed by atoms with Crippen molar-refractivity contribution in [3.63, 3.8) is 0 Å². The number of para-hydroxylation sites is 1. The highest BCUT2D eigenvalue weighted by molar-refractivity contribution is 7.22. The van der Waals surface area contributed by atoms with E-state index in [1.165, 1.54) is 11.3 Å². The molecule has 4 rings (SSSR count). The minimum atomic E-state index is -0.183. The Morgan fingerprint density at radius 3 is 2.86 bits per heavy atom. The highest BCUT2D eigenvalue weighted by Crippen LogP contribution is 2.34. The standard InChI is InChI=1S/C20H22N6O2S/c1-4-28-16-7-5-8-17-18(16)22-20(29-17)26(12-11-25-10-6-9-21-25)19(27)15-13-14(2)24(3)23-15/h5-10,13H,4,11-12H2,1-3H3. The number of carbonyl (C=O) groups excluding carboxylic acids is 1. The van der Waals surface area contributed by atoms with Crippen LogP contribution >= 0.6 is 11.3 Å². The molecule has 0 radical (unpaired) electrons. The van der Waals surface area contributed by atoms with Crippen LogP contribution in [0.3, 0.4) is 0 Å². The molecule has 0 spiro atoms. The number of thiazole rings is 1. The molecule has 4 aromatic rings. The van der Waals surface area contributed by atoms with Crippen LogP contribution in [-0.4, -0.2) is 43.6 Å². The molecule has 9 heteroatoms. The topological polar surface area (TPSA) is 78.1 Å². The number of rotatable bonds is 7. The second-order valence-electron chi connectivity index (χ2n) is 6.55. The minimum absolute atomic E-state index is 0.183. The lowest BCUT2D eigenvalue weighted by atomic mass is 10.3. The molecule has 0 N–H and O–H groups in total. The summed E-state index contributed by atoms with van der Waals surface area (Å²) in [5.41, 5.74) is 2.08. The van der Waals surface area contributed by atoms with Gasteiger partial charge in [-0.3, -0.25) is 19.1 Å². The van der Waals surface area contributed by atoms with E-state index in [0.717, 1.165) is 21.7 Å². The second-order valence-corrected chi connectivity index (χ2v) is 7.56. The molecule has 3 heterocycles. The van der Waals surface area contributed by atoms with Crippen molar-refractivity contribution in [1.29, 1.82) is 0 Å². The Balaban J connectivity index is 1.71. The van der Waals surface area contributed by atoms with Crippen LogP contribution in [0.1, 0.15) is 23.1 Å². The van der Waals surface area contributed by atoms with Crippen molar-refractivity contribution >= 4 is 32.6 Å². The van der Waals surface area contributed by atoms with Gasteiger partial charge in [-0.15, -0.1) is 0 Å². The molecule has 0 aliphatic rings. The number of amides is 1. The number of ether oxygens (including phenoxy) is 1. The summed E-state index contributed by atoms with van der Waals surface area (Å²) in [5.74, 6) is 0.540. The van der Waals surface area contributed by atoms with Gasteiger partial charge in [0.25, 0.3) is 5.91 Å². The van der Waals surface area contributed by atoms with E-state index in [-0.39, 0.29) is 5.91 Å². The third-order valence-corrected chi connectivity index (χ3v) is 5.63. The van der Waals surface area contributed by atoms with Crippen molar-refractivity contribution in [2.75, 3.05) is 18.1 Å². The Kier molecular flexibility index (Phi) is 5.30. The normalized spacial score (nSPS) is 11.1. The van der Waals surface area contributed by atoms with Crippen molar-refractivity contribution < 1.29 is 9.53 Å². The van der Waals surface area contributed by atoms with Gasteiger partial charge in [0, 0.05) is 31.7 Å². The van der Waals surface area contributed by atoms with Crippen LogP contribution in [0.4, 0.5) is 5.13 Å². The lowest BCUT2D eigenvalue weighted by Crippen LogP contribution is -2.34. The van der Waals surface area contributed by atoms with E-state index in [0.29, 0.717) is 30.5 Å². The highest BCUT2D eigenvalue weighted by Gasteiger charge is 2.24. The Hall–Kier alpha value is -3.20. The van der Waals surface area contributed by atoms with Crippen molar-refractivity contribution in [1.82, 2.24) is 24.5 Å². The molecule has 0 aliphatic heterocycles. The molecule has 0 bridgehead atoms. The van der Waals surface area contributed by atoms with E-state index < -0.39 is 0 Å². The van der Waals surface area contributed by atoms with Gasteiger partial charge in [-0.25, -0.2) is 4.98 Å². The molecule has 1 aromatic carbocycles. The van der Waals surface area contributed by atoms with E-state index in [2.05, 4.69) is 10.2 Å². The summed E-state index contributed by atoms with van der Waals surface area (Å²) in [7, 11) is 1.83. The summed E-state index contributed by atoms with van der Waals surface area (Å²) in [6, 6.07) is 9.48. The van der Waals surface area contributed by atoms with Gasteiger partial charge in [0.1, 0.15) is 11.3 Å². The predicted molar refractivity (Wildman–Crippen MR) is 113 cm³/mol. The first-order chi connectivity index (χ1) is 14.1. The summed E-state index contributed by atoms with van der Waals surface area (Å²) in [5, 5.41) is 9.21. The molecule has 0 unspecified atom stereocenters. The number of hydrogen-bond donors (Lipinski definition) is 0. The van der Waals surface area contributed by atoms with E-state index in [1.54, 1.807) is 26.5 Å². The number of fused-ring (bicyclic) bond motifs is 1. The SMILES string of the molecule is CCOc1cccc2sc(N(CCn3cccn3)C(=O)c3cc(C)n(C)n3)nc12. The number of nitrogens with zero attached hydrogens (tertiary/aromatic N) is 6. The van der Waals surface area contributed by atoms with E-state index in [1.807, 2.05) is 51.4 Å². The van der Waals surface area contributed by atoms with Crippen LogP contribution in [0.2, 0.25) is 0 Å². The van der Waals surface area contributed by atoms with Gasteiger partial charge in [0.2, 0.25) is 0 Å².